The summed E-state index contributed by atoms with van der Waals surface area (Å²) < 4.78 is 11.2. The Hall–Kier alpha value is -0.810. The molecule has 0 radical (unpaired) electrons. The van der Waals surface area contributed by atoms with Crippen LogP contribution in [0, 0.1) is 0 Å². The lowest BCUT2D eigenvalue weighted by Gasteiger charge is -2.31. The van der Waals surface area contributed by atoms with E-state index in [4.69, 9.17) is 20.8 Å². The largest absolute Gasteiger partial charge is 0.407 e. The lowest BCUT2D eigenvalue weighted by atomic mass is 10.1. The lowest BCUT2D eigenvalue weighted by Crippen LogP contribution is -2.40. The first-order valence-electron chi connectivity index (χ1n) is 6.08. The highest BCUT2D eigenvalue weighted by Gasteiger charge is 2.23. The zero-order valence-electron chi connectivity index (χ0n) is 10.1. The van der Waals surface area contributed by atoms with Crippen molar-refractivity contribution in [2.75, 3.05) is 24.6 Å². The summed E-state index contributed by atoms with van der Waals surface area (Å²) in [7, 11) is 0. The van der Waals surface area contributed by atoms with Crippen LogP contribution < -0.4 is 4.90 Å². The number of piperidine rings is 1. The molecule has 0 spiro atoms. The van der Waals surface area contributed by atoms with E-state index in [0.717, 1.165) is 39.0 Å². The highest BCUT2D eigenvalue weighted by Crippen LogP contribution is 2.20. The fourth-order valence-electron chi connectivity index (χ4n) is 1.96. The van der Waals surface area contributed by atoms with Crippen molar-refractivity contribution in [3.63, 3.8) is 0 Å². The number of hydrogen-bond acceptors (Lipinski definition) is 5. The van der Waals surface area contributed by atoms with Crippen molar-refractivity contribution in [2.45, 2.75) is 38.2 Å². The number of anilines is 1. The van der Waals surface area contributed by atoms with Crippen LogP contribution in [0.1, 0.15) is 32.1 Å². The quantitative estimate of drug-likeness (QED) is 0.759. The fourth-order valence-corrected chi connectivity index (χ4v) is 2.07. The molecule has 1 aliphatic heterocycles. The van der Waals surface area contributed by atoms with Gasteiger partial charge in [-0.15, -0.1) is 16.7 Å². The number of nitrogens with zero attached hydrogens (tertiary/aromatic N) is 3. The topological polar surface area (TPSA) is 51.4 Å². The van der Waals surface area contributed by atoms with E-state index in [1.807, 2.05) is 0 Å². The Labute approximate surface area is 106 Å². The zero-order valence-corrected chi connectivity index (χ0v) is 10.8. The van der Waals surface area contributed by atoms with Gasteiger partial charge in [0.15, 0.2) is 0 Å². The molecule has 96 valence electrons. The van der Waals surface area contributed by atoms with E-state index in [1.54, 1.807) is 0 Å². The lowest BCUT2D eigenvalue weighted by molar-refractivity contribution is 0.0431. The van der Waals surface area contributed by atoms with Crippen molar-refractivity contribution >= 4 is 17.6 Å². The van der Waals surface area contributed by atoms with Gasteiger partial charge in [0.25, 0.3) is 0 Å². The maximum atomic E-state index is 5.76. The number of halogens is 1. The molecule has 2 heterocycles. The van der Waals surface area contributed by atoms with E-state index in [-0.39, 0.29) is 12.0 Å². The highest BCUT2D eigenvalue weighted by molar-refractivity contribution is 6.16. The molecule has 1 aliphatic rings. The molecule has 1 aromatic rings. The summed E-state index contributed by atoms with van der Waals surface area (Å²) in [6.07, 6.45) is 3.52. The van der Waals surface area contributed by atoms with E-state index >= 15 is 0 Å². The molecule has 0 aromatic carbocycles. The van der Waals surface area contributed by atoms with E-state index in [9.17, 15) is 0 Å². The predicted octanol–water partition coefficient (Wildman–Crippen LogP) is 2.20. The Morgan fingerprint density at radius 2 is 2.41 bits per heavy atom. The smallest absolute Gasteiger partial charge is 0.318 e. The molecule has 17 heavy (non-hydrogen) atoms. The summed E-state index contributed by atoms with van der Waals surface area (Å²) in [5.74, 6) is 0.731. The predicted molar refractivity (Wildman–Crippen MR) is 65.3 cm³/mol. The molecule has 0 saturated carbocycles. The zero-order chi connectivity index (χ0) is 12.1. The van der Waals surface area contributed by atoms with Gasteiger partial charge in [0.2, 0.25) is 5.89 Å². The van der Waals surface area contributed by atoms with Gasteiger partial charge in [-0.05, 0) is 19.3 Å². The summed E-state index contributed by atoms with van der Waals surface area (Å²) in [4.78, 5) is 2.08. The van der Waals surface area contributed by atoms with E-state index in [0.29, 0.717) is 11.9 Å². The van der Waals surface area contributed by atoms with Crippen LogP contribution in [-0.4, -0.2) is 36.0 Å². The van der Waals surface area contributed by atoms with Crippen molar-refractivity contribution in [2.24, 2.45) is 0 Å². The highest BCUT2D eigenvalue weighted by atomic mass is 35.5. The molecule has 0 bridgehead atoms. The third-order valence-electron chi connectivity index (χ3n) is 2.78. The third-order valence-corrected chi connectivity index (χ3v) is 3.01. The second-order valence-corrected chi connectivity index (χ2v) is 4.46. The fraction of sp³-hybridized carbons (Fsp3) is 0.818. The SMILES string of the molecule is CCCOC1CCCN(c2nnc(CCl)o2)C1. The van der Waals surface area contributed by atoms with Gasteiger partial charge < -0.3 is 14.1 Å². The van der Waals surface area contributed by atoms with Gasteiger partial charge in [0.1, 0.15) is 5.88 Å². The van der Waals surface area contributed by atoms with Crippen molar-refractivity contribution in [3.8, 4) is 0 Å². The molecule has 0 amide bonds. The Bertz CT molecular complexity index is 345. The molecule has 2 rings (SSSR count). The van der Waals surface area contributed by atoms with Gasteiger partial charge in [-0.2, -0.15) is 0 Å². The summed E-state index contributed by atoms with van der Waals surface area (Å²) in [6, 6.07) is 0.561. The molecule has 6 heteroatoms. The standard InChI is InChI=1S/C11H18ClN3O2/c1-2-6-16-9-4-3-5-15(8-9)11-14-13-10(7-12)17-11/h9H,2-8H2,1H3. The second kappa shape index (κ2) is 6.21. The first-order valence-corrected chi connectivity index (χ1v) is 6.61. The third kappa shape index (κ3) is 3.33. The first kappa shape index (κ1) is 12.6. The average molecular weight is 260 g/mol. The molecule has 5 nitrogen and oxygen atoms in total. The van der Waals surface area contributed by atoms with Gasteiger partial charge >= 0.3 is 6.01 Å². The molecule has 0 N–H and O–H groups in total. The van der Waals surface area contributed by atoms with Gasteiger partial charge in [0.05, 0.1) is 6.10 Å². The second-order valence-electron chi connectivity index (χ2n) is 4.19. The minimum absolute atomic E-state index is 0.261. The van der Waals surface area contributed by atoms with Gasteiger partial charge in [-0.25, -0.2) is 0 Å². The number of rotatable bonds is 5. The van der Waals surface area contributed by atoms with Crippen LogP contribution in [0.4, 0.5) is 6.01 Å². The van der Waals surface area contributed by atoms with Crippen LogP contribution in [0.2, 0.25) is 0 Å². The van der Waals surface area contributed by atoms with Crippen molar-refractivity contribution < 1.29 is 9.15 Å². The van der Waals surface area contributed by atoms with E-state index in [1.165, 1.54) is 0 Å². The summed E-state index contributed by atoms with van der Waals surface area (Å²) >= 11 is 5.64. The molecule has 1 saturated heterocycles. The number of hydrogen-bond donors (Lipinski definition) is 0. The minimum Gasteiger partial charge on any atom is -0.407 e. The van der Waals surface area contributed by atoms with Crippen molar-refractivity contribution in [1.29, 1.82) is 0 Å². The molecular weight excluding hydrogens is 242 g/mol. The first-order chi connectivity index (χ1) is 8.33. The maximum absolute atomic E-state index is 5.76. The van der Waals surface area contributed by atoms with Gasteiger partial charge in [-0.3, -0.25) is 0 Å². The molecule has 1 unspecified atom stereocenters. The Morgan fingerprint density at radius 1 is 1.53 bits per heavy atom. The Kier molecular flexibility index (Phi) is 4.62. The normalized spacial score (nSPS) is 20.8. The molecule has 0 aliphatic carbocycles. The Morgan fingerprint density at radius 3 is 3.12 bits per heavy atom. The van der Waals surface area contributed by atoms with Crippen molar-refractivity contribution in [3.05, 3.63) is 5.89 Å². The molecule has 1 fully saturated rings. The number of ether oxygens (including phenoxy) is 1. The minimum atomic E-state index is 0.261. The summed E-state index contributed by atoms with van der Waals surface area (Å²) in [5.41, 5.74) is 0. The van der Waals surface area contributed by atoms with Crippen LogP contribution in [0.3, 0.4) is 0 Å². The average Bonchev–Trinajstić information content (AvgIpc) is 2.85. The summed E-state index contributed by atoms with van der Waals surface area (Å²) in [5, 5.41) is 7.86. The number of alkyl halides is 1. The molecular formula is C11H18ClN3O2. The van der Waals surface area contributed by atoms with Crippen LogP contribution in [0.15, 0.2) is 4.42 Å². The van der Waals surface area contributed by atoms with Crippen LogP contribution in [0.5, 0.6) is 0 Å². The van der Waals surface area contributed by atoms with Crippen LogP contribution in [-0.2, 0) is 10.6 Å². The monoisotopic (exact) mass is 259 g/mol. The van der Waals surface area contributed by atoms with Crippen molar-refractivity contribution in [1.82, 2.24) is 10.2 Å². The Balaban J connectivity index is 1.92. The van der Waals surface area contributed by atoms with E-state index < -0.39 is 0 Å². The van der Waals surface area contributed by atoms with Gasteiger partial charge in [-0.1, -0.05) is 12.0 Å². The van der Waals surface area contributed by atoms with Crippen LogP contribution >= 0.6 is 11.6 Å². The molecule has 1 aromatic heterocycles. The summed E-state index contributed by atoms with van der Waals surface area (Å²) in [6.45, 7) is 4.69. The number of aromatic nitrogens is 2. The maximum Gasteiger partial charge on any atom is 0.318 e. The van der Waals surface area contributed by atoms with Crippen LogP contribution in [0.25, 0.3) is 0 Å². The van der Waals surface area contributed by atoms with Gasteiger partial charge in [0, 0.05) is 19.7 Å². The molecule has 1 atom stereocenters. The van der Waals surface area contributed by atoms with E-state index in [2.05, 4.69) is 22.0 Å².